The van der Waals surface area contributed by atoms with Crippen molar-refractivity contribution in [2.75, 3.05) is 11.9 Å². The maximum Gasteiger partial charge on any atom is 0.310 e. The molecule has 1 aromatic carbocycles. The number of nitro groups is 1. The molecule has 1 N–H and O–H groups in total. The number of esters is 1. The van der Waals surface area contributed by atoms with Crippen molar-refractivity contribution < 1.29 is 19.2 Å². The summed E-state index contributed by atoms with van der Waals surface area (Å²) < 4.78 is 4.83. The molecule has 0 saturated carbocycles. The lowest BCUT2D eigenvalue weighted by molar-refractivity contribution is -0.383. The Kier molecular flexibility index (Phi) is 5.21. The molecule has 0 aliphatic heterocycles. The zero-order valence-electron chi connectivity index (χ0n) is 11.4. The van der Waals surface area contributed by atoms with Crippen LogP contribution in [0.3, 0.4) is 0 Å². The van der Waals surface area contributed by atoms with Gasteiger partial charge in [-0.15, -0.1) is 0 Å². The van der Waals surface area contributed by atoms with Crippen LogP contribution in [-0.4, -0.2) is 23.4 Å². The van der Waals surface area contributed by atoms with Gasteiger partial charge in [0.15, 0.2) is 6.61 Å². The van der Waals surface area contributed by atoms with Crippen LogP contribution >= 0.6 is 11.3 Å². The molecule has 0 saturated heterocycles. The van der Waals surface area contributed by atoms with Gasteiger partial charge in [0.1, 0.15) is 5.69 Å². The first-order valence-electron chi connectivity index (χ1n) is 6.26. The summed E-state index contributed by atoms with van der Waals surface area (Å²) in [4.78, 5) is 33.4. The third-order valence-electron chi connectivity index (χ3n) is 2.67. The highest BCUT2D eigenvalue weighted by Gasteiger charge is 2.15. The van der Waals surface area contributed by atoms with Gasteiger partial charge in [0, 0.05) is 6.07 Å². The first kappa shape index (κ1) is 15.6. The maximum absolute atomic E-state index is 11.7. The van der Waals surface area contributed by atoms with Crippen LogP contribution in [0, 0.1) is 10.1 Å². The molecule has 7 nitrogen and oxygen atoms in total. The molecule has 1 aromatic heterocycles. The van der Waals surface area contributed by atoms with E-state index < -0.39 is 23.4 Å². The average molecular weight is 320 g/mol. The Hall–Kier alpha value is -2.74. The van der Waals surface area contributed by atoms with Crippen LogP contribution in [0.5, 0.6) is 0 Å². The zero-order valence-corrected chi connectivity index (χ0v) is 12.2. The molecule has 0 unspecified atom stereocenters. The van der Waals surface area contributed by atoms with Crippen molar-refractivity contribution >= 4 is 34.6 Å². The average Bonchev–Trinajstić information content (AvgIpc) is 2.98. The van der Waals surface area contributed by atoms with Gasteiger partial charge in [0.2, 0.25) is 0 Å². The highest BCUT2D eigenvalue weighted by atomic mass is 32.1. The Morgan fingerprint density at radius 3 is 2.73 bits per heavy atom. The number of hydrogen-bond acceptors (Lipinski definition) is 6. The molecular weight excluding hydrogens is 308 g/mol. The molecule has 8 heteroatoms. The molecule has 2 aromatic rings. The van der Waals surface area contributed by atoms with Crippen LogP contribution in [-0.2, 0) is 20.7 Å². The summed E-state index contributed by atoms with van der Waals surface area (Å²) in [5, 5.41) is 16.8. The third kappa shape index (κ3) is 4.38. The lowest BCUT2D eigenvalue weighted by atomic mass is 10.2. The number of anilines is 1. The molecule has 22 heavy (non-hydrogen) atoms. The van der Waals surface area contributed by atoms with E-state index in [0.29, 0.717) is 0 Å². The Bertz CT molecular complexity index is 684. The molecular formula is C14H12N2O5S. The monoisotopic (exact) mass is 320 g/mol. The van der Waals surface area contributed by atoms with Crippen molar-refractivity contribution in [3.8, 4) is 0 Å². The Balaban J connectivity index is 1.86. The number of nitro benzene ring substituents is 1. The van der Waals surface area contributed by atoms with Gasteiger partial charge in [-0.1, -0.05) is 12.1 Å². The van der Waals surface area contributed by atoms with Gasteiger partial charge in [0.05, 0.1) is 11.3 Å². The number of thiophene rings is 1. The van der Waals surface area contributed by atoms with E-state index in [9.17, 15) is 19.7 Å². The smallest absolute Gasteiger partial charge is 0.310 e. The van der Waals surface area contributed by atoms with Crippen LogP contribution in [0.1, 0.15) is 5.56 Å². The fourth-order valence-corrected chi connectivity index (χ4v) is 2.35. The SMILES string of the molecule is O=C(COC(=O)Cc1ccsc1)Nc1ccccc1[N+](=O)[O-]. The van der Waals surface area contributed by atoms with Crippen LogP contribution in [0.15, 0.2) is 41.1 Å². The molecule has 0 aliphatic carbocycles. The molecule has 0 fully saturated rings. The second-order valence-electron chi connectivity index (χ2n) is 4.29. The van der Waals surface area contributed by atoms with E-state index in [4.69, 9.17) is 4.74 Å². The molecule has 0 spiro atoms. The third-order valence-corrected chi connectivity index (χ3v) is 3.40. The van der Waals surface area contributed by atoms with Gasteiger partial charge in [0.25, 0.3) is 11.6 Å². The molecule has 0 radical (unpaired) electrons. The van der Waals surface area contributed by atoms with E-state index in [1.54, 1.807) is 12.1 Å². The summed E-state index contributed by atoms with van der Waals surface area (Å²) in [6.07, 6.45) is 0.0856. The van der Waals surface area contributed by atoms with Gasteiger partial charge in [-0.25, -0.2) is 0 Å². The maximum atomic E-state index is 11.7. The van der Waals surface area contributed by atoms with Crippen LogP contribution in [0.4, 0.5) is 11.4 Å². The Labute approximate surface area is 129 Å². The van der Waals surface area contributed by atoms with E-state index >= 15 is 0 Å². The minimum Gasteiger partial charge on any atom is -0.455 e. The fourth-order valence-electron chi connectivity index (χ4n) is 1.68. The van der Waals surface area contributed by atoms with E-state index in [1.165, 1.54) is 29.5 Å². The first-order chi connectivity index (χ1) is 10.6. The molecule has 2 rings (SSSR count). The number of amides is 1. The second kappa shape index (κ2) is 7.32. The number of carbonyl (C=O) groups excluding carboxylic acids is 2. The molecule has 0 atom stereocenters. The molecule has 1 heterocycles. The summed E-state index contributed by atoms with van der Waals surface area (Å²) in [5.74, 6) is -1.16. The molecule has 0 aliphatic rings. The minimum absolute atomic E-state index is 0.0615. The number of nitrogens with zero attached hydrogens (tertiary/aromatic N) is 1. The van der Waals surface area contributed by atoms with E-state index in [2.05, 4.69) is 5.32 Å². The Morgan fingerprint density at radius 2 is 2.05 bits per heavy atom. The first-order valence-corrected chi connectivity index (χ1v) is 7.20. The summed E-state index contributed by atoms with van der Waals surface area (Å²) in [7, 11) is 0. The van der Waals surface area contributed by atoms with Crippen molar-refractivity contribution in [2.45, 2.75) is 6.42 Å². The molecule has 114 valence electrons. The lowest BCUT2D eigenvalue weighted by Gasteiger charge is -2.06. The van der Waals surface area contributed by atoms with Gasteiger partial charge >= 0.3 is 5.97 Å². The van der Waals surface area contributed by atoms with E-state index in [-0.39, 0.29) is 17.8 Å². The summed E-state index contributed by atoms with van der Waals surface area (Å²) >= 11 is 1.46. The van der Waals surface area contributed by atoms with Crippen LogP contribution in [0.2, 0.25) is 0 Å². The van der Waals surface area contributed by atoms with Crippen LogP contribution < -0.4 is 5.32 Å². The number of para-hydroxylation sites is 2. The molecule has 1 amide bonds. The van der Waals surface area contributed by atoms with Crippen molar-refractivity contribution in [3.63, 3.8) is 0 Å². The summed E-state index contributed by atoms with van der Waals surface area (Å²) in [6, 6.07) is 7.53. The van der Waals surface area contributed by atoms with E-state index in [1.807, 2.05) is 10.8 Å². The van der Waals surface area contributed by atoms with Crippen molar-refractivity contribution in [1.29, 1.82) is 0 Å². The number of hydrogen-bond donors (Lipinski definition) is 1. The Morgan fingerprint density at radius 1 is 1.27 bits per heavy atom. The molecule has 0 bridgehead atoms. The normalized spacial score (nSPS) is 10.0. The second-order valence-corrected chi connectivity index (χ2v) is 5.07. The number of benzene rings is 1. The summed E-state index contributed by atoms with van der Waals surface area (Å²) in [6.45, 7) is -0.491. The van der Waals surface area contributed by atoms with Gasteiger partial charge in [-0.3, -0.25) is 19.7 Å². The highest BCUT2D eigenvalue weighted by molar-refractivity contribution is 7.07. The van der Waals surface area contributed by atoms with Gasteiger partial charge in [-0.05, 0) is 28.5 Å². The van der Waals surface area contributed by atoms with Crippen molar-refractivity contribution in [2.24, 2.45) is 0 Å². The number of carbonyl (C=O) groups is 2. The zero-order chi connectivity index (χ0) is 15.9. The van der Waals surface area contributed by atoms with Crippen molar-refractivity contribution in [1.82, 2.24) is 0 Å². The highest BCUT2D eigenvalue weighted by Crippen LogP contribution is 2.22. The number of rotatable bonds is 6. The predicted octanol–water partition coefficient (Wildman–Crippen LogP) is 2.38. The van der Waals surface area contributed by atoms with E-state index in [0.717, 1.165) is 5.56 Å². The number of nitrogens with one attached hydrogen (secondary N) is 1. The van der Waals surface area contributed by atoms with Crippen molar-refractivity contribution in [3.05, 3.63) is 56.8 Å². The largest absolute Gasteiger partial charge is 0.455 e. The fraction of sp³-hybridized carbons (Fsp3) is 0.143. The van der Waals surface area contributed by atoms with Gasteiger partial charge < -0.3 is 10.1 Å². The minimum atomic E-state index is -0.632. The topological polar surface area (TPSA) is 98.5 Å². The summed E-state index contributed by atoms with van der Waals surface area (Å²) in [5.41, 5.74) is 0.654. The quantitative estimate of drug-likeness (QED) is 0.500. The van der Waals surface area contributed by atoms with Gasteiger partial charge in [-0.2, -0.15) is 11.3 Å². The van der Waals surface area contributed by atoms with Crippen LogP contribution in [0.25, 0.3) is 0 Å². The number of ether oxygens (including phenoxy) is 1. The lowest BCUT2D eigenvalue weighted by Crippen LogP contribution is -2.22. The predicted molar refractivity (Wildman–Crippen MR) is 80.7 cm³/mol. The standard InChI is InChI=1S/C14H12N2O5S/c17-13(8-21-14(18)7-10-5-6-22-9-10)15-11-3-1-2-4-12(11)16(19)20/h1-6,9H,7-8H2,(H,15,17).